The molecule has 0 fully saturated rings. The summed E-state index contributed by atoms with van der Waals surface area (Å²) in [6, 6.07) is 7.99. The van der Waals surface area contributed by atoms with Gasteiger partial charge in [0.1, 0.15) is 5.75 Å². The lowest BCUT2D eigenvalue weighted by atomic mass is 10.2. The van der Waals surface area contributed by atoms with Crippen molar-refractivity contribution in [3.63, 3.8) is 0 Å². The summed E-state index contributed by atoms with van der Waals surface area (Å²) in [4.78, 5) is 4.13. The Morgan fingerprint density at radius 2 is 2.29 bits per heavy atom. The minimum Gasteiger partial charge on any atom is -0.497 e. The number of ether oxygens (including phenoxy) is 1. The van der Waals surface area contributed by atoms with Gasteiger partial charge in [0.15, 0.2) is 0 Å². The van der Waals surface area contributed by atoms with Crippen molar-refractivity contribution in [2.75, 3.05) is 7.11 Å². The van der Waals surface area contributed by atoms with E-state index in [4.69, 9.17) is 10.5 Å². The lowest BCUT2D eigenvalue weighted by Crippen LogP contribution is -2.12. The summed E-state index contributed by atoms with van der Waals surface area (Å²) in [5, 5.41) is 0. The average molecular weight is 231 g/mol. The molecule has 0 spiro atoms. The van der Waals surface area contributed by atoms with Crippen LogP contribution in [-0.4, -0.2) is 16.7 Å². The highest BCUT2D eigenvalue weighted by Crippen LogP contribution is 2.16. The first-order valence-corrected chi connectivity index (χ1v) is 5.59. The van der Waals surface area contributed by atoms with Crippen molar-refractivity contribution in [1.82, 2.24) is 9.55 Å². The molecule has 2 aromatic rings. The molecule has 2 rings (SSSR count). The second-order valence-electron chi connectivity index (χ2n) is 4.09. The van der Waals surface area contributed by atoms with Crippen LogP contribution in [0.4, 0.5) is 0 Å². The number of nitrogens with zero attached hydrogens (tertiary/aromatic N) is 2. The van der Waals surface area contributed by atoms with Gasteiger partial charge in [0.2, 0.25) is 0 Å². The highest BCUT2D eigenvalue weighted by Gasteiger charge is 2.07. The van der Waals surface area contributed by atoms with Crippen molar-refractivity contribution in [1.29, 1.82) is 0 Å². The smallest absolute Gasteiger partial charge is 0.119 e. The summed E-state index contributed by atoms with van der Waals surface area (Å²) in [7, 11) is 1.67. The van der Waals surface area contributed by atoms with Crippen LogP contribution in [0.3, 0.4) is 0 Å². The largest absolute Gasteiger partial charge is 0.497 e. The Morgan fingerprint density at radius 1 is 1.47 bits per heavy atom. The fourth-order valence-electron chi connectivity index (χ4n) is 1.81. The Balaban J connectivity index is 2.22. The van der Waals surface area contributed by atoms with Gasteiger partial charge in [-0.2, -0.15) is 0 Å². The topological polar surface area (TPSA) is 53.1 Å². The monoisotopic (exact) mass is 231 g/mol. The maximum Gasteiger partial charge on any atom is 0.119 e. The first kappa shape index (κ1) is 11.7. The number of imidazole rings is 1. The van der Waals surface area contributed by atoms with Crippen LogP contribution in [0.1, 0.15) is 24.2 Å². The fraction of sp³-hybridized carbons (Fsp3) is 0.308. The predicted octanol–water partition coefficient (Wildman–Crippen LogP) is 1.96. The highest BCUT2D eigenvalue weighted by molar-refractivity contribution is 5.28. The van der Waals surface area contributed by atoms with E-state index in [0.717, 1.165) is 18.0 Å². The molecule has 4 heteroatoms. The number of hydrogen-bond donors (Lipinski definition) is 1. The quantitative estimate of drug-likeness (QED) is 0.875. The van der Waals surface area contributed by atoms with E-state index in [1.54, 1.807) is 13.4 Å². The number of hydrogen-bond acceptors (Lipinski definition) is 3. The van der Waals surface area contributed by atoms with E-state index in [1.165, 1.54) is 5.56 Å². The molecule has 0 unspecified atom stereocenters. The van der Waals surface area contributed by atoms with Gasteiger partial charge in [0, 0.05) is 18.8 Å². The zero-order valence-electron chi connectivity index (χ0n) is 10.1. The third-order valence-corrected chi connectivity index (χ3v) is 2.70. The first-order chi connectivity index (χ1) is 8.20. The van der Waals surface area contributed by atoms with Crippen molar-refractivity contribution in [2.24, 2.45) is 5.73 Å². The molecule has 1 aromatic carbocycles. The summed E-state index contributed by atoms with van der Waals surface area (Å²) < 4.78 is 7.26. The molecule has 0 aliphatic carbocycles. The third kappa shape index (κ3) is 2.65. The van der Waals surface area contributed by atoms with E-state index in [-0.39, 0.29) is 6.04 Å². The van der Waals surface area contributed by atoms with Crippen LogP contribution in [-0.2, 0) is 6.54 Å². The summed E-state index contributed by atoms with van der Waals surface area (Å²) in [5.74, 6) is 0.866. The van der Waals surface area contributed by atoms with E-state index in [0.29, 0.717) is 0 Å². The number of rotatable bonds is 4. The average Bonchev–Trinajstić information content (AvgIpc) is 2.77. The summed E-state index contributed by atoms with van der Waals surface area (Å²) >= 11 is 0. The fourth-order valence-corrected chi connectivity index (χ4v) is 1.81. The maximum absolute atomic E-state index is 5.88. The van der Waals surface area contributed by atoms with Gasteiger partial charge in [-0.1, -0.05) is 12.1 Å². The van der Waals surface area contributed by atoms with E-state index < -0.39 is 0 Å². The Labute approximate surface area is 101 Å². The Kier molecular flexibility index (Phi) is 3.44. The Morgan fingerprint density at radius 3 is 3.00 bits per heavy atom. The number of methoxy groups -OCH3 is 1. The van der Waals surface area contributed by atoms with Gasteiger partial charge in [0.25, 0.3) is 0 Å². The zero-order chi connectivity index (χ0) is 12.3. The maximum atomic E-state index is 5.88. The molecular formula is C13H17N3O. The molecule has 17 heavy (non-hydrogen) atoms. The van der Waals surface area contributed by atoms with E-state index in [9.17, 15) is 0 Å². The molecule has 0 radical (unpaired) electrons. The molecule has 0 bridgehead atoms. The second kappa shape index (κ2) is 5.01. The van der Waals surface area contributed by atoms with Crippen LogP contribution >= 0.6 is 0 Å². The van der Waals surface area contributed by atoms with Crippen molar-refractivity contribution in [2.45, 2.75) is 19.5 Å². The standard InChI is InChI=1S/C13H17N3O/c1-10(14)13-7-15-9-16(13)8-11-4-3-5-12(6-11)17-2/h3-7,9-10H,8,14H2,1-2H3/t10-/m1/s1. The highest BCUT2D eigenvalue weighted by atomic mass is 16.5. The SMILES string of the molecule is COc1cccc(Cn2cncc2[C@@H](C)N)c1. The van der Waals surface area contributed by atoms with Gasteiger partial charge in [-0.25, -0.2) is 4.98 Å². The second-order valence-corrected chi connectivity index (χ2v) is 4.09. The van der Waals surface area contributed by atoms with Gasteiger partial charge >= 0.3 is 0 Å². The van der Waals surface area contributed by atoms with Crippen LogP contribution in [0.15, 0.2) is 36.8 Å². The number of benzene rings is 1. The number of nitrogens with two attached hydrogens (primary N) is 1. The molecule has 1 aromatic heterocycles. The lowest BCUT2D eigenvalue weighted by Gasteiger charge is -2.11. The van der Waals surface area contributed by atoms with Crippen molar-refractivity contribution < 1.29 is 4.74 Å². The van der Waals surface area contributed by atoms with Crippen LogP contribution < -0.4 is 10.5 Å². The first-order valence-electron chi connectivity index (χ1n) is 5.59. The van der Waals surface area contributed by atoms with Crippen LogP contribution in [0.2, 0.25) is 0 Å². The predicted molar refractivity (Wildman–Crippen MR) is 66.9 cm³/mol. The van der Waals surface area contributed by atoms with Gasteiger partial charge in [0.05, 0.1) is 19.1 Å². The van der Waals surface area contributed by atoms with E-state index in [2.05, 4.69) is 15.6 Å². The minimum absolute atomic E-state index is 0.0110. The van der Waals surface area contributed by atoms with Crippen LogP contribution in [0.25, 0.3) is 0 Å². The molecular weight excluding hydrogens is 214 g/mol. The molecule has 0 saturated carbocycles. The molecule has 4 nitrogen and oxygen atoms in total. The van der Waals surface area contributed by atoms with Crippen molar-refractivity contribution >= 4 is 0 Å². The molecule has 0 aliphatic rings. The zero-order valence-corrected chi connectivity index (χ0v) is 10.1. The van der Waals surface area contributed by atoms with Gasteiger partial charge < -0.3 is 15.0 Å². The Bertz CT molecular complexity index is 491. The summed E-state index contributed by atoms with van der Waals surface area (Å²) in [6.07, 6.45) is 3.61. The Hall–Kier alpha value is -1.81. The molecule has 1 heterocycles. The molecule has 2 N–H and O–H groups in total. The van der Waals surface area contributed by atoms with Crippen LogP contribution in [0, 0.1) is 0 Å². The van der Waals surface area contributed by atoms with Gasteiger partial charge in [-0.3, -0.25) is 0 Å². The van der Waals surface area contributed by atoms with Crippen molar-refractivity contribution in [3.8, 4) is 5.75 Å². The van der Waals surface area contributed by atoms with Gasteiger partial charge in [-0.15, -0.1) is 0 Å². The summed E-state index contributed by atoms with van der Waals surface area (Å²) in [6.45, 7) is 2.72. The van der Waals surface area contributed by atoms with Crippen LogP contribution in [0.5, 0.6) is 5.75 Å². The molecule has 0 aliphatic heterocycles. The number of aromatic nitrogens is 2. The molecule has 1 atom stereocenters. The molecule has 90 valence electrons. The van der Waals surface area contributed by atoms with Crippen molar-refractivity contribution in [3.05, 3.63) is 48.0 Å². The molecule has 0 amide bonds. The van der Waals surface area contributed by atoms with E-state index >= 15 is 0 Å². The minimum atomic E-state index is -0.0110. The summed E-state index contributed by atoms with van der Waals surface area (Å²) in [5.41, 5.74) is 8.09. The lowest BCUT2D eigenvalue weighted by molar-refractivity contribution is 0.414. The molecule has 0 saturated heterocycles. The van der Waals surface area contributed by atoms with E-state index in [1.807, 2.05) is 31.3 Å². The third-order valence-electron chi connectivity index (χ3n) is 2.70. The van der Waals surface area contributed by atoms with Gasteiger partial charge in [-0.05, 0) is 24.6 Å². The normalized spacial score (nSPS) is 12.4.